The number of imidazole rings is 1. The number of rotatable bonds is 60. The molecule has 3 rings (SSSR count). The number of primary amides is 2. The Morgan fingerprint density at radius 3 is 1.23 bits per heavy atom. The number of carbonyl (C=O) groups excluding carboxylic acids is 16. The molecular formula is C82H132N24O19S. The van der Waals surface area contributed by atoms with Gasteiger partial charge in [-0.3, -0.25) is 82.1 Å². The number of nitrogens with zero attached hydrogens (tertiary/aromatic N) is 1. The molecule has 2 aromatic carbocycles. The summed E-state index contributed by atoms with van der Waals surface area (Å²) in [6.45, 7) is 14.1. The molecule has 16 amide bonds. The number of aliphatic carboxylic acids is 1. The fraction of sp³-hybridized carbons (Fsp3) is 0.598. The number of nitrogens with two attached hydrogens (primary N) is 6. The molecule has 126 heavy (non-hydrogen) atoms. The van der Waals surface area contributed by atoms with Crippen molar-refractivity contribution in [3.8, 4) is 0 Å². The number of amides is 16. The van der Waals surface area contributed by atoms with Crippen molar-refractivity contribution >= 4 is 118 Å². The van der Waals surface area contributed by atoms with Crippen LogP contribution in [0.1, 0.15) is 163 Å². The Kier molecular flexibility index (Phi) is 48.9. The van der Waals surface area contributed by atoms with Gasteiger partial charge in [-0.05, 0) is 139 Å². The highest BCUT2D eigenvalue weighted by molar-refractivity contribution is 7.98. The molecule has 0 radical (unpaired) electrons. The minimum absolute atomic E-state index is 0.0155. The lowest BCUT2D eigenvalue weighted by Crippen LogP contribution is -2.62. The van der Waals surface area contributed by atoms with Crippen molar-refractivity contribution < 1.29 is 91.7 Å². The van der Waals surface area contributed by atoms with Crippen LogP contribution in [-0.4, -0.2) is 255 Å². The largest absolute Gasteiger partial charge is 0.480 e. The summed E-state index contributed by atoms with van der Waals surface area (Å²) in [4.78, 5) is 244. The Balaban J connectivity index is 1.98. The van der Waals surface area contributed by atoms with E-state index in [0.717, 1.165) is 0 Å². The van der Waals surface area contributed by atoms with E-state index in [1.807, 2.05) is 0 Å². The number of unbranched alkanes of at least 4 members (excludes halogenated alkanes) is 2. The zero-order valence-electron chi connectivity index (χ0n) is 73.2. The number of thioether (sulfide) groups is 1. The smallest absolute Gasteiger partial charge is 0.326 e. The topological polar surface area (TPSA) is 720 Å². The molecule has 0 saturated carbocycles. The number of H-pyrrole nitrogens is 1. The minimum Gasteiger partial charge on any atom is -0.480 e. The first-order valence-corrected chi connectivity index (χ1v) is 43.5. The van der Waals surface area contributed by atoms with Gasteiger partial charge < -0.3 is 129 Å². The van der Waals surface area contributed by atoms with Gasteiger partial charge in [-0.15, -0.1) is 0 Å². The quantitative estimate of drug-likeness (QED) is 0.0143. The number of carboxylic acid groups (broad SMARTS) is 1. The van der Waals surface area contributed by atoms with Crippen LogP contribution in [-0.2, 0) is 101 Å². The normalized spacial score (nSPS) is 15.2. The molecule has 3 aromatic rings. The molecule has 17 atom stereocenters. The Hall–Kier alpha value is -11.9. The molecule has 0 aliphatic rings. The Bertz CT molecular complexity index is 4080. The molecule has 43 nitrogen and oxygen atoms in total. The average molecular weight is 1790 g/mol. The van der Waals surface area contributed by atoms with Crippen molar-refractivity contribution in [2.45, 2.75) is 262 Å². The van der Waals surface area contributed by atoms with Crippen LogP contribution in [0.15, 0.2) is 73.2 Å². The zero-order chi connectivity index (χ0) is 94.4. The number of carbonyl (C=O) groups is 17. The third-order valence-corrected chi connectivity index (χ3v) is 21.1. The SMILES string of the molecule is CC[C@H](C)[C@H](NC(=O)[C@H](Cc1ccccc1)NC(=O)[C@@H](NC(=O)[C@H](C)NC(=O)[C@H](CCSC)NC(=O)[C@H](CCC(N)=O)NC(=O)[C@@H](NC(=O)[C@H](C)NC(=O)[C@@H](N)[C@@H](C)O)C(C)C)C(C)C)C(=O)N[C@@H](Cc1cnc[nH]1)C(=O)N[C@@H](CC(N)=O)C(=O)N[C@@H](Cc1ccccc1)C(=O)N[C@H](CCCCN)C(=O)N[C@@H](CCCNC(=N)N)C(=O)N[C@@H](CCCCN)C(=O)O. The third-order valence-electron chi connectivity index (χ3n) is 20.4. The molecule has 0 aliphatic carbocycles. The van der Waals surface area contributed by atoms with Gasteiger partial charge in [-0.2, -0.15) is 11.8 Å². The van der Waals surface area contributed by atoms with Crippen molar-refractivity contribution in [2.75, 3.05) is 31.6 Å². The average Bonchev–Trinajstić information content (AvgIpc) is 0.970. The summed E-state index contributed by atoms with van der Waals surface area (Å²) in [6.07, 6.45) is 2.20. The predicted molar refractivity (Wildman–Crippen MR) is 468 cm³/mol. The van der Waals surface area contributed by atoms with Crippen molar-refractivity contribution in [3.05, 3.63) is 90.0 Å². The van der Waals surface area contributed by atoms with Gasteiger partial charge in [0.15, 0.2) is 5.96 Å². The van der Waals surface area contributed by atoms with Crippen molar-refractivity contribution in [1.29, 1.82) is 5.41 Å². The third kappa shape index (κ3) is 39.5. The van der Waals surface area contributed by atoms with E-state index in [2.05, 4.69) is 89.7 Å². The molecule has 1 aromatic heterocycles. The molecule has 0 fully saturated rings. The number of aliphatic hydroxyl groups is 1. The first-order valence-electron chi connectivity index (χ1n) is 42.1. The van der Waals surface area contributed by atoms with Crippen LogP contribution in [0.2, 0.25) is 0 Å². The highest BCUT2D eigenvalue weighted by Crippen LogP contribution is 2.17. The number of aromatic nitrogens is 2. The summed E-state index contributed by atoms with van der Waals surface area (Å²) in [5, 5.41) is 66.2. The Morgan fingerprint density at radius 2 is 0.810 bits per heavy atom. The van der Waals surface area contributed by atoms with E-state index >= 15 is 9.59 Å². The maximum atomic E-state index is 15.0. The van der Waals surface area contributed by atoms with Crippen LogP contribution in [0, 0.1) is 23.2 Å². The summed E-state index contributed by atoms with van der Waals surface area (Å²) in [5.74, 6) is -18.5. The van der Waals surface area contributed by atoms with E-state index in [9.17, 15) is 82.1 Å². The van der Waals surface area contributed by atoms with Crippen LogP contribution in [0.5, 0.6) is 0 Å². The lowest BCUT2D eigenvalue weighted by Gasteiger charge is -2.30. The monoisotopic (exact) mass is 1790 g/mol. The number of hydrogen-bond donors (Lipinski definition) is 25. The minimum atomic E-state index is -1.88. The van der Waals surface area contributed by atoms with Gasteiger partial charge in [-0.25, -0.2) is 9.78 Å². The van der Waals surface area contributed by atoms with E-state index in [-0.39, 0.29) is 108 Å². The van der Waals surface area contributed by atoms with E-state index in [1.54, 1.807) is 108 Å². The summed E-state index contributed by atoms with van der Waals surface area (Å²) < 4.78 is 0. The maximum absolute atomic E-state index is 15.0. The second kappa shape index (κ2) is 56.9. The van der Waals surface area contributed by atoms with Crippen molar-refractivity contribution in [3.63, 3.8) is 0 Å². The van der Waals surface area contributed by atoms with Gasteiger partial charge in [0.2, 0.25) is 94.5 Å². The van der Waals surface area contributed by atoms with Crippen molar-refractivity contribution in [2.24, 2.45) is 52.2 Å². The highest BCUT2D eigenvalue weighted by Gasteiger charge is 2.40. The van der Waals surface area contributed by atoms with Crippen LogP contribution in [0.25, 0.3) is 0 Å². The number of guanidine groups is 1. The van der Waals surface area contributed by atoms with Gasteiger partial charge in [0.25, 0.3) is 0 Å². The molecule has 31 N–H and O–H groups in total. The highest BCUT2D eigenvalue weighted by atomic mass is 32.2. The number of aromatic amines is 1. The van der Waals surface area contributed by atoms with Gasteiger partial charge in [0.1, 0.15) is 90.6 Å². The second-order valence-corrected chi connectivity index (χ2v) is 32.6. The number of carboxylic acids is 1. The van der Waals surface area contributed by atoms with Crippen molar-refractivity contribution in [1.82, 2.24) is 89.7 Å². The summed E-state index contributed by atoms with van der Waals surface area (Å²) in [7, 11) is 0. The summed E-state index contributed by atoms with van der Waals surface area (Å²) >= 11 is 1.30. The van der Waals surface area contributed by atoms with Crippen LogP contribution in [0.4, 0.5) is 0 Å². The molecule has 700 valence electrons. The summed E-state index contributed by atoms with van der Waals surface area (Å²) in [5.41, 5.74) is 35.1. The van der Waals surface area contributed by atoms with Crippen LogP contribution < -0.4 is 114 Å². The van der Waals surface area contributed by atoms with Gasteiger partial charge in [-0.1, -0.05) is 109 Å². The fourth-order valence-corrected chi connectivity index (χ4v) is 13.2. The van der Waals surface area contributed by atoms with Gasteiger partial charge >= 0.3 is 5.97 Å². The molecule has 0 bridgehead atoms. The predicted octanol–water partition coefficient (Wildman–Crippen LogP) is -5.17. The molecule has 0 spiro atoms. The molecule has 0 saturated heterocycles. The number of aliphatic hydroxyl groups excluding tert-OH is 1. The zero-order valence-corrected chi connectivity index (χ0v) is 74.0. The van der Waals surface area contributed by atoms with E-state index in [1.165, 1.54) is 45.1 Å². The Morgan fingerprint density at radius 1 is 0.437 bits per heavy atom. The van der Waals surface area contributed by atoms with Gasteiger partial charge in [0.05, 0.1) is 18.9 Å². The maximum Gasteiger partial charge on any atom is 0.326 e. The van der Waals surface area contributed by atoms with Crippen LogP contribution >= 0.6 is 11.8 Å². The molecule has 44 heteroatoms. The van der Waals surface area contributed by atoms with E-state index in [0.29, 0.717) is 30.4 Å². The lowest BCUT2D eigenvalue weighted by atomic mass is 9.96. The number of nitrogens with one attached hydrogen (secondary N) is 17. The number of benzene rings is 2. The first-order chi connectivity index (χ1) is 59.5. The van der Waals surface area contributed by atoms with E-state index in [4.69, 9.17) is 39.8 Å². The van der Waals surface area contributed by atoms with Gasteiger partial charge in [0, 0.05) is 44.1 Å². The lowest BCUT2D eigenvalue weighted by molar-refractivity contribution is -0.142. The second-order valence-electron chi connectivity index (χ2n) is 31.6. The Labute approximate surface area is 737 Å². The molecule has 0 aliphatic heterocycles. The standard InChI is InChI=1S/C82H132N24O19S/c1-11-45(6)66(106-76(119)58(38-50-25-16-13-17-26-50)102-79(122)65(44(4)5)105-67(110)46(7)93-69(112)55(32-36-126-10)97-72(115)54(30-31-61(85)108)98-78(121)64(43(2)3)104-68(111)47(8)94-77(120)63(87)48(9)107)80(123)103-59(39-51-41-90-42-92-51)74(117)101-60(40-62(86)109)75(118)100-57(37-49-23-14-12-15-24-49)73(116)96-52(27-18-20-33-83)70(113)95-53(29-22-35-91-82(88)89)71(114)99-56(81(124)125)28-19-21-34-84/h12-17,23-26,41-48,52-60,63-66,107H,11,18-22,27-40,83-84,87H2,1-10H3,(H2,85,108)(H2,86,109)(H,90,92)(H,93,112)(H,94,120)(H,95,113)(H,96,116)(H,97,115)(H,98,121)(H,99,114)(H,100,118)(H,101,117)(H,102,122)(H,103,123)(H,104,111)(H,105,110)(H,106,119)(H,124,125)(H4,88,89,91)/t45-,46-,47-,48+,52+,53-,54-,55-,56-,57-,58-,59-,60-,63-,64-,65-,66-/m0/s1. The number of hydrogen-bond acceptors (Lipinski definition) is 24. The fourth-order valence-electron chi connectivity index (χ4n) is 12.7. The van der Waals surface area contributed by atoms with E-state index < -0.39 is 228 Å². The summed E-state index contributed by atoms with van der Waals surface area (Å²) in [6, 6.07) is -5.38. The molecule has 0 unspecified atom stereocenters. The molecular weight excluding hydrogens is 1660 g/mol. The molecule has 1 heterocycles. The van der Waals surface area contributed by atoms with Crippen LogP contribution in [0.3, 0.4) is 0 Å². The first kappa shape index (κ1) is 108.